The van der Waals surface area contributed by atoms with Crippen molar-refractivity contribution in [1.29, 1.82) is 0 Å². The van der Waals surface area contributed by atoms with Crippen LogP contribution in [0.25, 0.3) is 10.8 Å². The lowest BCUT2D eigenvalue weighted by molar-refractivity contribution is -0.164. The van der Waals surface area contributed by atoms with Crippen molar-refractivity contribution < 1.29 is 44.0 Å². The van der Waals surface area contributed by atoms with Crippen LogP contribution in [0.15, 0.2) is 45.9 Å². The monoisotopic (exact) mass is 855 g/mol. The number of benzene rings is 2. The Morgan fingerprint density at radius 3 is 2.34 bits per heavy atom. The highest BCUT2D eigenvalue weighted by Gasteiger charge is 2.48. The Hall–Kier alpha value is -5.08. The molecule has 5 bridgehead atoms. The van der Waals surface area contributed by atoms with Gasteiger partial charge in [0.15, 0.2) is 11.4 Å². The summed E-state index contributed by atoms with van der Waals surface area (Å²) in [6.07, 6.45) is 9.71. The van der Waals surface area contributed by atoms with E-state index in [1.165, 1.54) is 6.92 Å². The molecule has 5 heterocycles. The Balaban J connectivity index is 1.49. The molecule has 0 aromatic heterocycles. The number of piperidine rings is 1. The summed E-state index contributed by atoms with van der Waals surface area (Å²) in [4.78, 5) is 65.7. The van der Waals surface area contributed by atoms with Crippen molar-refractivity contribution in [3.8, 4) is 17.2 Å². The van der Waals surface area contributed by atoms with Crippen molar-refractivity contribution >= 4 is 40.0 Å². The fraction of sp³-hybridized carbons (Fsp3) is 0.583. The number of phenols is 2. The van der Waals surface area contributed by atoms with Crippen molar-refractivity contribution in [2.45, 2.75) is 125 Å². The lowest BCUT2D eigenvalue weighted by Gasteiger charge is -2.38. The number of hydrogen-bond acceptors (Lipinski definition) is 12. The number of ketones is 1. The molecule has 14 nitrogen and oxygen atoms in total. The number of aromatic hydroxyl groups is 2. The van der Waals surface area contributed by atoms with E-state index in [9.17, 15) is 34.5 Å². The standard InChI is InChI=1S/C48H65N5O9/c1-24(2)23-53-20-18-48(19-21-53)51-35-32-33-39(55)30(8)42-34(32)43(57)47(10,62-42)17-12-11-15-26(4)41(61-46(60)31(9)44(49)58)29(7)38(54)28(6)22-25(3)14-13-16-27(5)45(59)50-37(40(33)56)36(35)52-48/h11-14,16,24-26,28-29,31,38,41,51,54-56H,15,17-23H2,1-10H3,(H2,49,58)/b12-11+,14-13+,27-16-,50-37?/t25-,26+,28+,29+,31?,38+,41+,47+/m0/s1. The van der Waals surface area contributed by atoms with Crippen molar-refractivity contribution in [2.24, 2.45) is 51.2 Å². The van der Waals surface area contributed by atoms with Gasteiger partial charge in [0.25, 0.3) is 5.91 Å². The second kappa shape index (κ2) is 18.0. The number of primary amides is 1. The van der Waals surface area contributed by atoms with Gasteiger partial charge in [0.2, 0.25) is 11.7 Å². The lowest BCUT2D eigenvalue weighted by Crippen LogP contribution is -2.47. The summed E-state index contributed by atoms with van der Waals surface area (Å²) in [6, 6.07) is 0. The number of hydrogen-bond donors (Lipinski definition) is 5. The molecule has 5 aliphatic heterocycles. The summed E-state index contributed by atoms with van der Waals surface area (Å²) in [5.41, 5.74) is 4.36. The summed E-state index contributed by atoms with van der Waals surface area (Å²) in [5.74, 6) is -4.93. The highest BCUT2D eigenvalue weighted by atomic mass is 16.5. The Morgan fingerprint density at radius 2 is 1.69 bits per heavy atom. The number of anilines is 1. The second-order valence-electron chi connectivity index (χ2n) is 19.1. The normalized spacial score (nSPS) is 30.5. The first-order valence-corrected chi connectivity index (χ1v) is 22.1. The molecule has 6 N–H and O–H groups in total. The van der Waals surface area contributed by atoms with Crippen LogP contribution in [0.1, 0.15) is 110 Å². The Morgan fingerprint density at radius 1 is 1.02 bits per heavy atom. The largest absolute Gasteiger partial charge is 0.507 e. The molecule has 62 heavy (non-hydrogen) atoms. The number of Topliss-reactive ketones (excluding diaryl/α,β-unsaturated/α-hetero) is 1. The van der Waals surface area contributed by atoms with E-state index in [1.807, 2.05) is 45.9 Å². The maximum atomic E-state index is 14.8. The molecular weight excluding hydrogens is 791 g/mol. The van der Waals surface area contributed by atoms with Crippen molar-refractivity contribution in [3.05, 3.63) is 57.8 Å². The summed E-state index contributed by atoms with van der Waals surface area (Å²) >= 11 is 0. The predicted molar refractivity (Wildman–Crippen MR) is 236 cm³/mol. The molecule has 2 aromatic rings. The van der Waals surface area contributed by atoms with Gasteiger partial charge in [-0.15, -0.1) is 0 Å². The van der Waals surface area contributed by atoms with E-state index in [0.29, 0.717) is 37.3 Å². The van der Waals surface area contributed by atoms with Gasteiger partial charge in [0.05, 0.1) is 22.7 Å². The molecule has 0 saturated carbocycles. The third kappa shape index (κ3) is 8.90. The number of fused-ring (bicyclic) bond motifs is 13. The molecule has 2 amide bonds. The van der Waals surface area contributed by atoms with Gasteiger partial charge in [-0.05, 0) is 64.2 Å². The summed E-state index contributed by atoms with van der Waals surface area (Å²) < 4.78 is 12.4. The van der Waals surface area contributed by atoms with Crippen LogP contribution in [0.5, 0.6) is 17.2 Å². The zero-order valence-corrected chi connectivity index (χ0v) is 37.9. The molecule has 7 rings (SSSR count). The van der Waals surface area contributed by atoms with Crippen LogP contribution in [0.4, 0.5) is 5.69 Å². The Kier molecular flexibility index (Phi) is 13.4. The number of allylic oxidation sites excluding steroid dienone is 4. The maximum Gasteiger partial charge on any atom is 0.318 e. The average Bonchev–Trinajstić information content (AvgIpc) is 3.71. The average molecular weight is 856 g/mol. The number of carbonyl (C=O) groups is 4. The van der Waals surface area contributed by atoms with E-state index >= 15 is 0 Å². The van der Waals surface area contributed by atoms with Gasteiger partial charge in [-0.25, -0.2) is 4.99 Å². The first-order valence-electron chi connectivity index (χ1n) is 22.1. The Labute approximate surface area is 364 Å². The highest BCUT2D eigenvalue weighted by Crippen LogP contribution is 2.51. The number of nitrogens with two attached hydrogens (primary N) is 1. The lowest BCUT2D eigenvalue weighted by atomic mass is 9.80. The van der Waals surface area contributed by atoms with Gasteiger partial charge < -0.3 is 40.7 Å². The van der Waals surface area contributed by atoms with E-state index in [2.05, 4.69) is 29.1 Å². The van der Waals surface area contributed by atoms with Gasteiger partial charge in [-0.3, -0.25) is 24.2 Å². The Bertz CT molecular complexity index is 2360. The molecule has 0 aliphatic carbocycles. The maximum absolute atomic E-state index is 14.8. The number of nitrogens with one attached hydrogen (secondary N) is 1. The number of esters is 1. The number of carbonyl (C=O) groups excluding carboxylic acids is 4. The van der Waals surface area contributed by atoms with E-state index in [-0.39, 0.29) is 79.6 Å². The van der Waals surface area contributed by atoms with Gasteiger partial charge in [-0.1, -0.05) is 71.9 Å². The summed E-state index contributed by atoms with van der Waals surface area (Å²) in [7, 11) is 0. The smallest absolute Gasteiger partial charge is 0.318 e. The summed E-state index contributed by atoms with van der Waals surface area (Å²) in [5, 5.41) is 39.6. The molecule has 1 unspecified atom stereocenters. The van der Waals surface area contributed by atoms with Gasteiger partial charge in [-0.2, -0.15) is 0 Å². The summed E-state index contributed by atoms with van der Waals surface area (Å²) in [6.45, 7) is 20.8. The molecule has 14 heteroatoms. The third-order valence-electron chi connectivity index (χ3n) is 13.4. The quantitative estimate of drug-likeness (QED) is 0.106. The molecule has 336 valence electrons. The molecule has 2 aromatic carbocycles. The van der Waals surface area contributed by atoms with Gasteiger partial charge in [0.1, 0.15) is 39.9 Å². The molecule has 0 radical (unpaired) electrons. The minimum atomic E-state index is -1.41. The van der Waals surface area contributed by atoms with Crippen LogP contribution in [0.3, 0.4) is 0 Å². The first kappa shape index (κ1) is 46.4. The fourth-order valence-corrected chi connectivity index (χ4v) is 9.49. The van der Waals surface area contributed by atoms with E-state index in [0.717, 1.165) is 19.6 Å². The fourth-order valence-electron chi connectivity index (χ4n) is 9.49. The van der Waals surface area contributed by atoms with Crippen LogP contribution in [0, 0.1) is 42.4 Å². The SMILES string of the molecule is C/C1=C/C=C/[C@H](C)C[C@@H](C)[C@@H](O)[C@@H](C)[C@H](OC(=O)C(C)C(N)=O)[C@H](C)C/C=C/C[C@@]2(C)Oc3c(C)c(O)c4c(O)c(c5c(c4c3C2=O)NC2(CCN(CC(C)C)CC2)N=5)=NC1=O. The van der Waals surface area contributed by atoms with Crippen molar-refractivity contribution in [3.63, 3.8) is 0 Å². The minimum Gasteiger partial charge on any atom is -0.507 e. The number of aliphatic hydroxyl groups is 1. The van der Waals surface area contributed by atoms with Crippen molar-refractivity contribution in [1.82, 2.24) is 4.90 Å². The molecule has 5 aliphatic rings. The van der Waals surface area contributed by atoms with E-state index in [1.54, 1.807) is 32.9 Å². The zero-order valence-electron chi connectivity index (χ0n) is 37.9. The van der Waals surface area contributed by atoms with Crippen LogP contribution in [0.2, 0.25) is 0 Å². The number of phenolic OH excluding ortho intramolecular Hbond substituents is 2. The predicted octanol–water partition coefficient (Wildman–Crippen LogP) is 5.71. The number of aliphatic hydroxyl groups excluding tert-OH is 1. The highest BCUT2D eigenvalue weighted by molar-refractivity contribution is 6.22. The van der Waals surface area contributed by atoms with Crippen LogP contribution in [-0.2, 0) is 19.1 Å². The number of ether oxygens (including phenoxy) is 2. The van der Waals surface area contributed by atoms with E-state index < -0.39 is 58.8 Å². The zero-order chi connectivity index (χ0) is 45.6. The van der Waals surface area contributed by atoms with Gasteiger partial charge in [0, 0.05) is 61.3 Å². The second-order valence-corrected chi connectivity index (χ2v) is 19.1. The topological polar surface area (TPSA) is 213 Å². The first-order chi connectivity index (χ1) is 29.1. The van der Waals surface area contributed by atoms with Crippen LogP contribution >= 0.6 is 0 Å². The number of amides is 2. The van der Waals surface area contributed by atoms with Gasteiger partial charge >= 0.3 is 5.97 Å². The molecular formula is C48H65N5O9. The minimum absolute atomic E-state index is 0.0180. The third-order valence-corrected chi connectivity index (χ3v) is 13.4. The van der Waals surface area contributed by atoms with Crippen molar-refractivity contribution in [2.75, 3.05) is 25.0 Å². The molecule has 1 spiro atoms. The number of likely N-dealkylation sites (tertiary alicyclic amines) is 1. The van der Waals surface area contributed by atoms with E-state index in [4.69, 9.17) is 20.2 Å². The molecule has 1 saturated heterocycles. The number of nitrogens with zero attached hydrogens (tertiary/aromatic N) is 3. The van der Waals surface area contributed by atoms with Crippen LogP contribution < -0.4 is 26.5 Å². The number of rotatable bonds is 5. The molecule has 1 fully saturated rings. The molecule has 8 atom stereocenters. The van der Waals surface area contributed by atoms with Crippen LogP contribution in [-0.4, -0.2) is 86.9 Å².